The lowest BCUT2D eigenvalue weighted by Gasteiger charge is -2.33. The first-order chi connectivity index (χ1) is 19.4. The zero-order valence-electron chi connectivity index (χ0n) is 21.3. The zero-order chi connectivity index (χ0) is 27.8. The molecular weight excluding hydrogens is 564 g/mol. The number of nitrogens with zero attached hydrogens (tertiary/aromatic N) is 4. The maximum absolute atomic E-state index is 13.4. The molecule has 0 aliphatic carbocycles. The first kappa shape index (κ1) is 26.7. The van der Waals surface area contributed by atoms with Crippen LogP contribution >= 0.6 is 23.4 Å². The zero-order valence-corrected chi connectivity index (χ0v) is 22.9. The standard InChI is InChI=1S/C26H25ClN4O8S/c27-18-12-23-22(38-15-39-23)10-17(18)14-30-25(32)24(40-26(30)33)11-16-9-21(31(34)35)20(29-3-7-37-8-4-29)13-19(16)28-1-5-36-6-2-28/h9-13H,1-8,14-15H2/b24-11-. The fourth-order valence-electron chi connectivity index (χ4n) is 5.01. The van der Waals surface area contributed by atoms with Crippen molar-refractivity contribution in [2.45, 2.75) is 6.54 Å². The first-order valence-corrected chi connectivity index (χ1v) is 13.9. The molecule has 6 rings (SSSR count). The molecular formula is C26H25ClN4O8S. The van der Waals surface area contributed by atoms with Crippen molar-refractivity contribution in [1.82, 2.24) is 4.90 Å². The molecule has 3 fully saturated rings. The number of anilines is 2. The Hall–Kier alpha value is -3.52. The lowest BCUT2D eigenvalue weighted by atomic mass is 10.1. The third-order valence-electron chi connectivity index (χ3n) is 7.05. The molecule has 4 aliphatic rings. The minimum Gasteiger partial charge on any atom is -0.454 e. The van der Waals surface area contributed by atoms with Crippen LogP contribution in [0.4, 0.5) is 21.9 Å². The lowest BCUT2D eigenvalue weighted by Crippen LogP contribution is -2.38. The average molecular weight is 589 g/mol. The van der Waals surface area contributed by atoms with Gasteiger partial charge in [-0.3, -0.25) is 24.6 Å². The number of carbonyl (C=O) groups is 2. The SMILES string of the molecule is O=C1S/C(=C\c2cc([N+](=O)[O-])c(N3CCOCC3)cc2N2CCOCC2)C(=O)N1Cc1cc2c(cc1Cl)OCO2. The predicted molar refractivity (Wildman–Crippen MR) is 148 cm³/mol. The number of hydrogen-bond acceptors (Lipinski definition) is 11. The van der Waals surface area contributed by atoms with Gasteiger partial charge in [0.05, 0.1) is 42.8 Å². The number of nitro benzene ring substituents is 1. The van der Waals surface area contributed by atoms with Gasteiger partial charge in [-0.15, -0.1) is 0 Å². The number of fused-ring (bicyclic) bond motifs is 1. The Morgan fingerprint density at radius 3 is 2.20 bits per heavy atom. The molecule has 4 aliphatic heterocycles. The van der Waals surface area contributed by atoms with Crippen LogP contribution in [-0.4, -0.2) is 80.4 Å². The van der Waals surface area contributed by atoms with Crippen molar-refractivity contribution in [3.8, 4) is 11.5 Å². The van der Waals surface area contributed by atoms with Gasteiger partial charge in [-0.1, -0.05) is 11.6 Å². The first-order valence-electron chi connectivity index (χ1n) is 12.7. The summed E-state index contributed by atoms with van der Waals surface area (Å²) in [6, 6.07) is 6.54. The number of ether oxygens (including phenoxy) is 4. The van der Waals surface area contributed by atoms with E-state index in [1.165, 1.54) is 6.07 Å². The molecule has 2 aromatic rings. The smallest absolute Gasteiger partial charge is 0.293 e. The minimum atomic E-state index is -0.503. The van der Waals surface area contributed by atoms with Gasteiger partial charge >= 0.3 is 0 Å². The number of halogens is 1. The second kappa shape index (κ2) is 11.2. The van der Waals surface area contributed by atoms with E-state index < -0.39 is 16.1 Å². The Bertz CT molecular complexity index is 1410. The van der Waals surface area contributed by atoms with E-state index >= 15 is 0 Å². The molecule has 0 N–H and O–H groups in total. The maximum Gasteiger partial charge on any atom is 0.293 e. The van der Waals surface area contributed by atoms with E-state index in [0.29, 0.717) is 85.9 Å². The second-order valence-electron chi connectivity index (χ2n) is 9.42. The highest BCUT2D eigenvalue weighted by atomic mass is 35.5. The quantitative estimate of drug-likeness (QED) is 0.277. The molecule has 4 heterocycles. The summed E-state index contributed by atoms with van der Waals surface area (Å²) in [4.78, 5) is 43.4. The fourth-order valence-corrected chi connectivity index (χ4v) is 6.05. The number of amides is 2. The lowest BCUT2D eigenvalue weighted by molar-refractivity contribution is -0.384. The van der Waals surface area contributed by atoms with Crippen molar-refractivity contribution < 1.29 is 33.5 Å². The molecule has 3 saturated heterocycles. The molecule has 14 heteroatoms. The number of morpholine rings is 2. The molecule has 2 aromatic carbocycles. The van der Waals surface area contributed by atoms with Crippen LogP contribution in [0, 0.1) is 10.1 Å². The van der Waals surface area contributed by atoms with Crippen LogP contribution in [0.3, 0.4) is 0 Å². The molecule has 0 saturated carbocycles. The number of thioether (sulfide) groups is 1. The summed E-state index contributed by atoms with van der Waals surface area (Å²) in [5.74, 6) is 0.488. The molecule has 0 radical (unpaired) electrons. The van der Waals surface area contributed by atoms with Crippen molar-refractivity contribution in [2.75, 3.05) is 69.2 Å². The van der Waals surface area contributed by atoms with Crippen molar-refractivity contribution in [3.05, 3.63) is 55.4 Å². The topological polar surface area (TPSA) is 124 Å². The van der Waals surface area contributed by atoms with Crippen LogP contribution in [-0.2, 0) is 20.8 Å². The number of benzene rings is 2. The summed E-state index contributed by atoms with van der Waals surface area (Å²) in [7, 11) is 0. The average Bonchev–Trinajstić information content (AvgIpc) is 3.52. The van der Waals surface area contributed by atoms with Gasteiger partial charge in [0, 0.05) is 54.6 Å². The van der Waals surface area contributed by atoms with Crippen molar-refractivity contribution in [2.24, 2.45) is 0 Å². The number of nitro groups is 1. The molecule has 210 valence electrons. The van der Waals surface area contributed by atoms with Crippen LogP contribution in [0.1, 0.15) is 11.1 Å². The highest BCUT2D eigenvalue weighted by Gasteiger charge is 2.36. The summed E-state index contributed by atoms with van der Waals surface area (Å²) in [5, 5.41) is 12.0. The van der Waals surface area contributed by atoms with E-state index in [1.807, 2.05) is 4.90 Å². The fraction of sp³-hybridized carbons (Fsp3) is 0.385. The van der Waals surface area contributed by atoms with Gasteiger partial charge in [0.2, 0.25) is 6.79 Å². The van der Waals surface area contributed by atoms with Crippen LogP contribution in [0.5, 0.6) is 11.5 Å². The van der Waals surface area contributed by atoms with Gasteiger partial charge in [-0.25, -0.2) is 0 Å². The van der Waals surface area contributed by atoms with Crippen LogP contribution in [0.15, 0.2) is 29.2 Å². The summed E-state index contributed by atoms with van der Waals surface area (Å²) >= 11 is 7.17. The van der Waals surface area contributed by atoms with Gasteiger partial charge < -0.3 is 28.7 Å². The molecule has 40 heavy (non-hydrogen) atoms. The third-order valence-corrected chi connectivity index (χ3v) is 8.31. The summed E-state index contributed by atoms with van der Waals surface area (Å²) in [6.45, 7) is 4.24. The van der Waals surface area contributed by atoms with Gasteiger partial charge in [0.25, 0.3) is 16.8 Å². The highest BCUT2D eigenvalue weighted by Crippen LogP contribution is 2.42. The van der Waals surface area contributed by atoms with Crippen molar-refractivity contribution >= 4 is 57.6 Å². The summed E-state index contributed by atoms with van der Waals surface area (Å²) in [6.07, 6.45) is 1.56. The van der Waals surface area contributed by atoms with E-state index in [0.717, 1.165) is 22.3 Å². The van der Waals surface area contributed by atoms with E-state index in [4.69, 9.17) is 30.5 Å². The molecule has 0 atom stereocenters. The Labute approximate surface area is 238 Å². The highest BCUT2D eigenvalue weighted by molar-refractivity contribution is 8.18. The summed E-state index contributed by atoms with van der Waals surface area (Å²) < 4.78 is 21.7. The van der Waals surface area contributed by atoms with Crippen LogP contribution in [0.2, 0.25) is 5.02 Å². The minimum absolute atomic E-state index is 0.0517. The van der Waals surface area contributed by atoms with E-state index in [9.17, 15) is 19.7 Å². The number of hydrogen-bond donors (Lipinski definition) is 0. The van der Waals surface area contributed by atoms with Crippen molar-refractivity contribution in [3.63, 3.8) is 0 Å². The predicted octanol–water partition coefficient (Wildman–Crippen LogP) is 3.89. The Kier molecular flexibility index (Phi) is 7.45. The molecule has 0 aromatic heterocycles. The third kappa shape index (κ3) is 5.17. The monoisotopic (exact) mass is 588 g/mol. The summed E-state index contributed by atoms with van der Waals surface area (Å²) in [5.41, 5.74) is 2.18. The van der Waals surface area contributed by atoms with Gasteiger partial charge in [-0.05, 0) is 35.5 Å². The maximum atomic E-state index is 13.4. The van der Waals surface area contributed by atoms with Crippen molar-refractivity contribution in [1.29, 1.82) is 0 Å². The van der Waals surface area contributed by atoms with Gasteiger partial charge in [-0.2, -0.15) is 0 Å². The van der Waals surface area contributed by atoms with E-state index in [1.54, 1.807) is 24.3 Å². The van der Waals surface area contributed by atoms with Crippen LogP contribution < -0.4 is 19.3 Å². The Morgan fingerprint density at radius 1 is 0.925 bits per heavy atom. The molecule has 0 bridgehead atoms. The van der Waals surface area contributed by atoms with E-state index in [2.05, 4.69) is 4.90 Å². The Balaban J connectivity index is 1.35. The molecule has 0 spiro atoms. The van der Waals surface area contributed by atoms with Gasteiger partial charge in [0.1, 0.15) is 5.69 Å². The Morgan fingerprint density at radius 2 is 1.55 bits per heavy atom. The van der Waals surface area contributed by atoms with E-state index in [-0.39, 0.29) is 23.9 Å². The normalized spacial score (nSPS) is 20.1. The number of rotatable bonds is 6. The second-order valence-corrected chi connectivity index (χ2v) is 10.8. The number of imide groups is 1. The molecule has 0 unspecified atom stereocenters. The molecule has 2 amide bonds. The molecule has 12 nitrogen and oxygen atoms in total. The number of carbonyl (C=O) groups excluding carboxylic acids is 2. The van der Waals surface area contributed by atoms with Crippen LogP contribution in [0.25, 0.3) is 6.08 Å². The van der Waals surface area contributed by atoms with Gasteiger partial charge in [0.15, 0.2) is 11.5 Å². The largest absolute Gasteiger partial charge is 0.454 e.